The van der Waals surface area contributed by atoms with Gasteiger partial charge in [-0.2, -0.15) is 0 Å². The first-order valence-electron chi connectivity index (χ1n) is 7.83. The van der Waals surface area contributed by atoms with Crippen LogP contribution in [0.3, 0.4) is 0 Å². The molecule has 0 fully saturated rings. The molecule has 0 aliphatic carbocycles. The summed E-state index contributed by atoms with van der Waals surface area (Å²) in [6, 6.07) is 8.33. The van der Waals surface area contributed by atoms with Gasteiger partial charge < -0.3 is 10.6 Å². The minimum absolute atomic E-state index is 0.176. The number of rotatable bonds is 6. The zero-order valence-corrected chi connectivity index (χ0v) is 14.5. The molecule has 126 valence electrons. The number of halogens is 1. The van der Waals surface area contributed by atoms with E-state index in [9.17, 15) is 9.59 Å². The van der Waals surface area contributed by atoms with Crippen LogP contribution in [0.15, 0.2) is 36.5 Å². The lowest BCUT2D eigenvalue weighted by Gasteiger charge is -2.08. The molecule has 24 heavy (non-hydrogen) atoms. The minimum Gasteiger partial charge on any atom is -0.352 e. The van der Waals surface area contributed by atoms with Gasteiger partial charge in [0.1, 0.15) is 5.69 Å². The average molecular weight is 346 g/mol. The number of carbonyl (C=O) groups excluding carboxylic acids is 2. The van der Waals surface area contributed by atoms with E-state index in [1.54, 1.807) is 18.2 Å². The van der Waals surface area contributed by atoms with Crippen molar-refractivity contribution >= 4 is 29.1 Å². The number of nitrogens with one attached hydrogen (secondary N) is 2. The molecule has 0 aliphatic rings. The molecule has 1 heterocycles. The standard InChI is InChI=1S/C18H20ClN3O2/c1-3-4-8-21-17(23)13-7-9-20-16(10-13)18(24)22-14-6-5-12(2)15(19)11-14/h5-7,9-11H,3-4,8H2,1-2H3,(H,21,23)(H,22,24). The molecule has 2 aromatic rings. The lowest BCUT2D eigenvalue weighted by Crippen LogP contribution is -2.25. The first-order valence-corrected chi connectivity index (χ1v) is 8.21. The molecule has 0 unspecified atom stereocenters. The van der Waals surface area contributed by atoms with E-state index < -0.39 is 5.91 Å². The normalized spacial score (nSPS) is 10.3. The zero-order valence-electron chi connectivity index (χ0n) is 13.7. The number of benzene rings is 1. The second kappa shape index (κ2) is 8.45. The fourth-order valence-electron chi connectivity index (χ4n) is 2.04. The largest absolute Gasteiger partial charge is 0.352 e. The predicted octanol–water partition coefficient (Wildman–Crippen LogP) is 3.83. The molecule has 0 bridgehead atoms. The summed E-state index contributed by atoms with van der Waals surface area (Å²) in [6.45, 7) is 4.55. The Labute approximate surface area is 146 Å². The van der Waals surface area contributed by atoms with Gasteiger partial charge in [-0.05, 0) is 43.2 Å². The van der Waals surface area contributed by atoms with Crippen molar-refractivity contribution in [2.24, 2.45) is 0 Å². The van der Waals surface area contributed by atoms with Crippen LogP contribution in [-0.2, 0) is 0 Å². The highest BCUT2D eigenvalue weighted by Gasteiger charge is 2.12. The zero-order chi connectivity index (χ0) is 17.5. The maximum Gasteiger partial charge on any atom is 0.274 e. The molecule has 0 aliphatic heterocycles. The number of hydrogen-bond donors (Lipinski definition) is 2. The second-order valence-electron chi connectivity index (χ2n) is 5.46. The average Bonchev–Trinajstić information content (AvgIpc) is 2.58. The van der Waals surface area contributed by atoms with Crippen LogP contribution in [-0.4, -0.2) is 23.3 Å². The van der Waals surface area contributed by atoms with Gasteiger partial charge in [0.25, 0.3) is 11.8 Å². The van der Waals surface area contributed by atoms with Gasteiger partial charge in [-0.3, -0.25) is 14.6 Å². The van der Waals surface area contributed by atoms with Gasteiger partial charge in [-0.25, -0.2) is 0 Å². The van der Waals surface area contributed by atoms with Crippen molar-refractivity contribution in [3.8, 4) is 0 Å². The van der Waals surface area contributed by atoms with E-state index >= 15 is 0 Å². The van der Waals surface area contributed by atoms with Crippen molar-refractivity contribution in [2.75, 3.05) is 11.9 Å². The van der Waals surface area contributed by atoms with Crippen molar-refractivity contribution in [2.45, 2.75) is 26.7 Å². The molecule has 5 nitrogen and oxygen atoms in total. The Morgan fingerprint density at radius 3 is 2.67 bits per heavy atom. The fourth-order valence-corrected chi connectivity index (χ4v) is 2.22. The van der Waals surface area contributed by atoms with E-state index in [1.807, 2.05) is 13.0 Å². The molecule has 2 amide bonds. The summed E-state index contributed by atoms with van der Waals surface area (Å²) < 4.78 is 0. The highest BCUT2D eigenvalue weighted by molar-refractivity contribution is 6.31. The number of nitrogens with zero attached hydrogens (tertiary/aromatic N) is 1. The third kappa shape index (κ3) is 4.80. The van der Waals surface area contributed by atoms with Crippen LogP contribution in [0.25, 0.3) is 0 Å². The summed E-state index contributed by atoms with van der Waals surface area (Å²) in [7, 11) is 0. The van der Waals surface area contributed by atoms with Crippen molar-refractivity contribution in [1.29, 1.82) is 0 Å². The molecular weight excluding hydrogens is 326 g/mol. The van der Waals surface area contributed by atoms with Crippen molar-refractivity contribution < 1.29 is 9.59 Å². The van der Waals surface area contributed by atoms with E-state index in [4.69, 9.17) is 11.6 Å². The van der Waals surface area contributed by atoms with E-state index in [-0.39, 0.29) is 11.6 Å². The van der Waals surface area contributed by atoms with Crippen LogP contribution in [0.5, 0.6) is 0 Å². The topological polar surface area (TPSA) is 71.1 Å². The molecule has 6 heteroatoms. The monoisotopic (exact) mass is 345 g/mol. The Morgan fingerprint density at radius 1 is 1.17 bits per heavy atom. The molecule has 0 saturated heterocycles. The summed E-state index contributed by atoms with van der Waals surface area (Å²) in [5, 5.41) is 6.11. The number of amides is 2. The molecule has 2 N–H and O–H groups in total. The number of aromatic nitrogens is 1. The van der Waals surface area contributed by atoms with E-state index in [2.05, 4.69) is 22.5 Å². The predicted molar refractivity (Wildman–Crippen MR) is 95.6 cm³/mol. The quantitative estimate of drug-likeness (QED) is 0.782. The Bertz CT molecular complexity index is 747. The Balaban J connectivity index is 2.08. The SMILES string of the molecule is CCCCNC(=O)c1ccnc(C(=O)Nc2ccc(C)c(Cl)c2)c1. The highest BCUT2D eigenvalue weighted by Crippen LogP contribution is 2.20. The number of aryl methyl sites for hydroxylation is 1. The van der Waals surface area contributed by atoms with Gasteiger partial charge in [-0.1, -0.05) is 31.0 Å². The van der Waals surface area contributed by atoms with Gasteiger partial charge in [0.15, 0.2) is 0 Å². The van der Waals surface area contributed by atoms with Crippen LogP contribution in [0.4, 0.5) is 5.69 Å². The van der Waals surface area contributed by atoms with Crippen molar-refractivity contribution in [3.05, 3.63) is 58.4 Å². The van der Waals surface area contributed by atoms with Crippen LogP contribution in [0.1, 0.15) is 46.2 Å². The Morgan fingerprint density at radius 2 is 1.96 bits per heavy atom. The van der Waals surface area contributed by atoms with E-state index in [0.29, 0.717) is 22.8 Å². The molecule has 0 saturated carbocycles. The molecule has 0 radical (unpaired) electrons. The number of unbranched alkanes of at least 4 members (excludes halogenated alkanes) is 1. The molecule has 1 aromatic heterocycles. The van der Waals surface area contributed by atoms with Gasteiger partial charge in [0, 0.05) is 29.0 Å². The highest BCUT2D eigenvalue weighted by atomic mass is 35.5. The summed E-state index contributed by atoms with van der Waals surface area (Å²) >= 11 is 6.05. The summed E-state index contributed by atoms with van der Waals surface area (Å²) in [4.78, 5) is 28.4. The van der Waals surface area contributed by atoms with Crippen molar-refractivity contribution in [1.82, 2.24) is 10.3 Å². The summed E-state index contributed by atoms with van der Waals surface area (Å²) in [5.74, 6) is -0.601. The first kappa shape index (κ1) is 17.9. The van der Waals surface area contributed by atoms with Gasteiger partial charge in [-0.15, -0.1) is 0 Å². The van der Waals surface area contributed by atoms with Crippen LogP contribution >= 0.6 is 11.6 Å². The van der Waals surface area contributed by atoms with Crippen LogP contribution in [0.2, 0.25) is 5.02 Å². The lowest BCUT2D eigenvalue weighted by atomic mass is 10.2. The molecule has 0 atom stereocenters. The first-order chi connectivity index (χ1) is 11.5. The molecule has 1 aromatic carbocycles. The fraction of sp³-hybridized carbons (Fsp3) is 0.278. The Hall–Kier alpha value is -2.40. The summed E-state index contributed by atoms with van der Waals surface area (Å²) in [6.07, 6.45) is 3.37. The number of carbonyl (C=O) groups is 2. The number of pyridine rings is 1. The minimum atomic E-state index is -0.391. The number of anilines is 1. The third-order valence-electron chi connectivity index (χ3n) is 3.50. The smallest absolute Gasteiger partial charge is 0.274 e. The van der Waals surface area contributed by atoms with Gasteiger partial charge in [0.05, 0.1) is 0 Å². The van der Waals surface area contributed by atoms with Gasteiger partial charge >= 0.3 is 0 Å². The number of hydrogen-bond acceptors (Lipinski definition) is 3. The second-order valence-corrected chi connectivity index (χ2v) is 5.86. The van der Waals surface area contributed by atoms with Gasteiger partial charge in [0.2, 0.25) is 0 Å². The molecule has 0 spiro atoms. The van der Waals surface area contributed by atoms with Crippen molar-refractivity contribution in [3.63, 3.8) is 0 Å². The molecule has 2 rings (SSSR count). The van der Waals surface area contributed by atoms with Crippen LogP contribution < -0.4 is 10.6 Å². The third-order valence-corrected chi connectivity index (χ3v) is 3.91. The molecular formula is C18H20ClN3O2. The van der Waals surface area contributed by atoms with E-state index in [0.717, 1.165) is 18.4 Å². The van der Waals surface area contributed by atoms with Crippen LogP contribution in [0, 0.1) is 6.92 Å². The maximum absolute atomic E-state index is 12.3. The summed E-state index contributed by atoms with van der Waals surface area (Å²) in [5.41, 5.74) is 2.09. The lowest BCUT2D eigenvalue weighted by molar-refractivity contribution is 0.0953. The van der Waals surface area contributed by atoms with E-state index in [1.165, 1.54) is 12.3 Å². The maximum atomic E-state index is 12.3. The Kier molecular flexibility index (Phi) is 6.32.